The third kappa shape index (κ3) is 3.49. The molecule has 5 atom stereocenters. The second-order valence-electron chi connectivity index (χ2n) is 7.71. The van der Waals surface area contributed by atoms with Crippen LogP contribution < -0.4 is 11.2 Å². The fraction of sp³-hybridized carbons (Fsp3) is 0.765. The van der Waals surface area contributed by atoms with E-state index in [0.29, 0.717) is 6.42 Å². The van der Waals surface area contributed by atoms with Crippen LogP contribution in [0.15, 0.2) is 15.8 Å². The molecule has 0 radical (unpaired) electrons. The van der Waals surface area contributed by atoms with E-state index in [1.165, 1.54) is 10.8 Å². The molecule has 2 fully saturated rings. The number of H-pyrrole nitrogens is 1. The Morgan fingerprint density at radius 1 is 1.27 bits per heavy atom. The minimum Gasteiger partial charge on any atom is -0.394 e. The zero-order valence-electron chi connectivity index (χ0n) is 15.3. The van der Waals surface area contributed by atoms with Crippen molar-refractivity contribution < 1.29 is 24.4 Å². The average Bonchev–Trinajstić information content (AvgIpc) is 2.99. The van der Waals surface area contributed by atoms with Gasteiger partial charge in [0.25, 0.3) is 5.56 Å². The molecule has 9 nitrogen and oxygen atoms in total. The van der Waals surface area contributed by atoms with Crippen LogP contribution in [0.25, 0.3) is 0 Å². The van der Waals surface area contributed by atoms with E-state index in [2.05, 4.69) is 4.98 Å². The van der Waals surface area contributed by atoms with Crippen molar-refractivity contribution in [3.8, 4) is 0 Å². The monoisotopic (exact) mass is 370 g/mol. The summed E-state index contributed by atoms with van der Waals surface area (Å²) in [6, 6.07) is 0. The van der Waals surface area contributed by atoms with Gasteiger partial charge in [0, 0.05) is 6.20 Å². The SMILES string of the molecule is CC(C)CC(O)c1cn([C@@H]2O[C@H](CO)[C@H]3OC(C)(C)O[C@H]32)c(=O)[nH]c1=O. The summed E-state index contributed by atoms with van der Waals surface area (Å²) < 4.78 is 18.6. The van der Waals surface area contributed by atoms with Crippen LogP contribution in [0, 0.1) is 5.92 Å². The van der Waals surface area contributed by atoms with Crippen molar-refractivity contribution >= 4 is 0 Å². The summed E-state index contributed by atoms with van der Waals surface area (Å²) in [5.41, 5.74) is -1.22. The second-order valence-corrected chi connectivity index (χ2v) is 7.71. The molecule has 146 valence electrons. The molecule has 3 N–H and O–H groups in total. The standard InChI is InChI=1S/C17H26N2O7/c1-8(2)5-10(21)9-6-19(16(23)18-14(9)22)15-13-12(11(7-20)24-15)25-17(3,4)26-13/h6,8,10-13,15,20-21H,5,7H2,1-4H3,(H,18,22,23)/t10?,11-,12-,13-,15-/m1/s1. The topological polar surface area (TPSA) is 123 Å². The van der Waals surface area contributed by atoms with Crippen LogP contribution >= 0.6 is 0 Å². The summed E-state index contributed by atoms with van der Waals surface area (Å²) in [7, 11) is 0. The lowest BCUT2D eigenvalue weighted by atomic mass is 10.0. The third-order valence-corrected chi connectivity index (χ3v) is 4.63. The number of ether oxygens (including phenoxy) is 3. The molecule has 1 unspecified atom stereocenters. The van der Waals surface area contributed by atoms with E-state index in [0.717, 1.165) is 0 Å². The van der Waals surface area contributed by atoms with Gasteiger partial charge in [0.1, 0.15) is 18.3 Å². The minimum absolute atomic E-state index is 0.0871. The Hall–Kier alpha value is -1.52. The summed E-state index contributed by atoms with van der Waals surface area (Å²) in [4.78, 5) is 26.7. The maximum Gasteiger partial charge on any atom is 0.330 e. The number of aliphatic hydroxyl groups excluding tert-OH is 2. The van der Waals surface area contributed by atoms with Crippen molar-refractivity contribution in [1.29, 1.82) is 0 Å². The van der Waals surface area contributed by atoms with E-state index in [9.17, 15) is 19.8 Å². The summed E-state index contributed by atoms with van der Waals surface area (Å²) in [6.07, 6.45) is -2.02. The number of aliphatic hydroxyl groups is 2. The number of nitrogens with zero attached hydrogens (tertiary/aromatic N) is 1. The number of fused-ring (bicyclic) bond motifs is 1. The van der Waals surface area contributed by atoms with Gasteiger partial charge in [-0.1, -0.05) is 13.8 Å². The number of hydrogen-bond acceptors (Lipinski definition) is 7. The molecule has 0 aromatic carbocycles. The van der Waals surface area contributed by atoms with Crippen molar-refractivity contribution in [3.05, 3.63) is 32.6 Å². The number of aromatic nitrogens is 2. The first-order valence-corrected chi connectivity index (χ1v) is 8.78. The van der Waals surface area contributed by atoms with Crippen LogP contribution in [-0.2, 0) is 14.2 Å². The molecule has 9 heteroatoms. The molecule has 3 rings (SSSR count). The lowest BCUT2D eigenvalue weighted by Gasteiger charge is -2.25. The molecule has 0 spiro atoms. The Kier molecular flexibility index (Phi) is 5.11. The highest BCUT2D eigenvalue weighted by Crippen LogP contribution is 2.42. The smallest absolute Gasteiger partial charge is 0.330 e. The molecule has 3 heterocycles. The zero-order valence-corrected chi connectivity index (χ0v) is 15.3. The van der Waals surface area contributed by atoms with Crippen LogP contribution in [-0.4, -0.2) is 50.5 Å². The van der Waals surface area contributed by atoms with E-state index in [1.807, 2.05) is 13.8 Å². The van der Waals surface area contributed by atoms with Crippen LogP contribution in [0.1, 0.15) is 52.0 Å². The first kappa shape index (κ1) is 19.2. The van der Waals surface area contributed by atoms with Gasteiger partial charge in [-0.3, -0.25) is 14.3 Å². The Balaban J connectivity index is 1.98. The van der Waals surface area contributed by atoms with Crippen LogP contribution in [0.2, 0.25) is 0 Å². The van der Waals surface area contributed by atoms with Gasteiger partial charge in [0.05, 0.1) is 18.3 Å². The predicted octanol–water partition coefficient (Wildman–Crippen LogP) is 0.0259. The maximum atomic E-state index is 12.4. The lowest BCUT2D eigenvalue weighted by molar-refractivity contribution is -0.200. The highest BCUT2D eigenvalue weighted by molar-refractivity contribution is 5.10. The van der Waals surface area contributed by atoms with Gasteiger partial charge in [0.15, 0.2) is 12.0 Å². The van der Waals surface area contributed by atoms with Crippen LogP contribution in [0.5, 0.6) is 0 Å². The number of rotatable bonds is 5. The molecule has 0 amide bonds. The summed E-state index contributed by atoms with van der Waals surface area (Å²) >= 11 is 0. The molecular weight excluding hydrogens is 344 g/mol. The van der Waals surface area contributed by atoms with Gasteiger partial charge in [0.2, 0.25) is 0 Å². The zero-order chi connectivity index (χ0) is 19.2. The minimum atomic E-state index is -1.01. The summed E-state index contributed by atoms with van der Waals surface area (Å²) in [5.74, 6) is -0.709. The maximum absolute atomic E-state index is 12.4. The van der Waals surface area contributed by atoms with Crippen molar-refractivity contribution in [2.45, 2.75) is 70.5 Å². The Morgan fingerprint density at radius 2 is 1.92 bits per heavy atom. The summed E-state index contributed by atoms with van der Waals surface area (Å²) in [6.45, 7) is 7.04. The molecule has 2 saturated heterocycles. The highest BCUT2D eigenvalue weighted by atomic mass is 16.8. The highest BCUT2D eigenvalue weighted by Gasteiger charge is 2.55. The van der Waals surface area contributed by atoms with Gasteiger partial charge in [-0.2, -0.15) is 0 Å². The Labute approximate surface area is 150 Å². The molecule has 2 aliphatic heterocycles. The fourth-order valence-corrected chi connectivity index (χ4v) is 3.53. The van der Waals surface area contributed by atoms with Gasteiger partial charge in [-0.15, -0.1) is 0 Å². The van der Waals surface area contributed by atoms with Crippen molar-refractivity contribution in [1.82, 2.24) is 9.55 Å². The molecule has 2 aliphatic rings. The van der Waals surface area contributed by atoms with E-state index < -0.39 is 47.7 Å². The Morgan fingerprint density at radius 3 is 2.54 bits per heavy atom. The quantitative estimate of drug-likeness (QED) is 0.668. The molecule has 0 bridgehead atoms. The van der Waals surface area contributed by atoms with Crippen molar-refractivity contribution in [2.24, 2.45) is 5.92 Å². The number of hydrogen-bond donors (Lipinski definition) is 3. The van der Waals surface area contributed by atoms with Crippen LogP contribution in [0.3, 0.4) is 0 Å². The third-order valence-electron chi connectivity index (χ3n) is 4.63. The first-order chi connectivity index (χ1) is 12.1. The molecule has 1 aromatic heterocycles. The number of aromatic amines is 1. The second kappa shape index (κ2) is 6.90. The molecular formula is C17H26N2O7. The van der Waals surface area contributed by atoms with E-state index in [1.54, 1.807) is 13.8 Å². The molecule has 1 aromatic rings. The largest absolute Gasteiger partial charge is 0.394 e. The van der Waals surface area contributed by atoms with E-state index in [4.69, 9.17) is 14.2 Å². The van der Waals surface area contributed by atoms with Gasteiger partial charge >= 0.3 is 5.69 Å². The fourth-order valence-electron chi connectivity index (χ4n) is 3.53. The van der Waals surface area contributed by atoms with Gasteiger partial charge in [-0.05, 0) is 26.2 Å². The molecule has 0 aliphatic carbocycles. The van der Waals surface area contributed by atoms with Crippen molar-refractivity contribution in [3.63, 3.8) is 0 Å². The average molecular weight is 370 g/mol. The first-order valence-electron chi connectivity index (χ1n) is 8.78. The predicted molar refractivity (Wildman–Crippen MR) is 90.6 cm³/mol. The molecule has 26 heavy (non-hydrogen) atoms. The lowest BCUT2D eigenvalue weighted by Crippen LogP contribution is -2.39. The van der Waals surface area contributed by atoms with E-state index in [-0.39, 0.29) is 18.1 Å². The molecule has 0 saturated carbocycles. The Bertz CT molecular complexity index is 769. The van der Waals surface area contributed by atoms with Gasteiger partial charge in [-0.25, -0.2) is 4.79 Å². The summed E-state index contributed by atoms with van der Waals surface area (Å²) in [5, 5.41) is 19.9. The van der Waals surface area contributed by atoms with Crippen LogP contribution in [0.4, 0.5) is 0 Å². The van der Waals surface area contributed by atoms with Crippen molar-refractivity contribution in [2.75, 3.05) is 6.61 Å². The number of nitrogens with one attached hydrogen (secondary N) is 1. The van der Waals surface area contributed by atoms with Gasteiger partial charge < -0.3 is 24.4 Å². The van der Waals surface area contributed by atoms with E-state index >= 15 is 0 Å². The normalized spacial score (nSPS) is 31.3.